The summed E-state index contributed by atoms with van der Waals surface area (Å²) >= 11 is 1.61. The molecule has 90 valence electrons. The fourth-order valence-electron chi connectivity index (χ4n) is 1.92. The SMILES string of the molecule is Nc1ccc2nc(SCC3CCCO3)oc2c1. The standard InChI is InChI=1S/C12H14N2O2S/c13-8-3-4-10-11(6-8)16-12(14-10)17-7-9-2-1-5-15-9/h3-4,6,9H,1-2,5,7,13H2. The number of hydrogen-bond acceptors (Lipinski definition) is 5. The Kier molecular flexibility index (Phi) is 2.94. The molecule has 1 unspecified atom stereocenters. The lowest BCUT2D eigenvalue weighted by atomic mass is 10.3. The fraction of sp³-hybridized carbons (Fsp3) is 0.417. The van der Waals surface area contributed by atoms with Crippen LogP contribution in [0.1, 0.15) is 12.8 Å². The number of aromatic nitrogens is 1. The van der Waals surface area contributed by atoms with E-state index in [2.05, 4.69) is 4.98 Å². The average molecular weight is 250 g/mol. The zero-order valence-corrected chi connectivity index (χ0v) is 10.2. The van der Waals surface area contributed by atoms with Crippen molar-refractivity contribution in [3.63, 3.8) is 0 Å². The van der Waals surface area contributed by atoms with Crippen LogP contribution < -0.4 is 5.73 Å². The second kappa shape index (κ2) is 4.58. The number of nitrogens with two attached hydrogens (primary N) is 1. The lowest BCUT2D eigenvalue weighted by Gasteiger charge is -2.05. The zero-order valence-electron chi connectivity index (χ0n) is 9.39. The van der Waals surface area contributed by atoms with Crippen LogP contribution in [0.5, 0.6) is 0 Å². The summed E-state index contributed by atoms with van der Waals surface area (Å²) in [5.74, 6) is 0.905. The number of nitrogens with zero attached hydrogens (tertiary/aromatic N) is 1. The smallest absolute Gasteiger partial charge is 0.256 e. The van der Waals surface area contributed by atoms with Crippen molar-refractivity contribution in [3.05, 3.63) is 18.2 Å². The van der Waals surface area contributed by atoms with Crippen molar-refractivity contribution in [1.29, 1.82) is 0 Å². The number of nitrogen functional groups attached to an aromatic ring is 1. The van der Waals surface area contributed by atoms with E-state index in [0.29, 0.717) is 17.0 Å². The molecule has 5 heteroatoms. The van der Waals surface area contributed by atoms with Gasteiger partial charge in [-0.25, -0.2) is 4.98 Å². The van der Waals surface area contributed by atoms with Crippen LogP contribution in [-0.2, 0) is 4.74 Å². The van der Waals surface area contributed by atoms with Crippen molar-refractivity contribution in [2.24, 2.45) is 0 Å². The number of oxazole rings is 1. The Morgan fingerprint density at radius 3 is 3.24 bits per heavy atom. The van der Waals surface area contributed by atoms with Crippen LogP contribution >= 0.6 is 11.8 Å². The maximum Gasteiger partial charge on any atom is 0.256 e. The molecule has 1 atom stereocenters. The Hall–Kier alpha value is -1.20. The summed E-state index contributed by atoms with van der Waals surface area (Å²) in [4.78, 5) is 4.40. The molecule has 2 N–H and O–H groups in total. The molecule has 1 saturated heterocycles. The lowest BCUT2D eigenvalue weighted by molar-refractivity contribution is 0.128. The minimum atomic E-state index is 0.347. The van der Waals surface area contributed by atoms with Crippen LogP contribution in [0.2, 0.25) is 0 Å². The van der Waals surface area contributed by atoms with E-state index in [4.69, 9.17) is 14.9 Å². The van der Waals surface area contributed by atoms with E-state index in [9.17, 15) is 0 Å². The molecule has 1 aliphatic rings. The molecule has 0 bridgehead atoms. The Balaban J connectivity index is 1.72. The number of thioether (sulfide) groups is 1. The molecule has 0 aliphatic carbocycles. The molecule has 17 heavy (non-hydrogen) atoms. The van der Waals surface area contributed by atoms with Gasteiger partial charge in [-0.05, 0) is 25.0 Å². The summed E-state index contributed by atoms with van der Waals surface area (Å²) in [6, 6.07) is 5.52. The molecule has 1 aromatic heterocycles. The molecule has 0 spiro atoms. The van der Waals surface area contributed by atoms with Gasteiger partial charge < -0.3 is 14.9 Å². The van der Waals surface area contributed by atoms with E-state index in [1.807, 2.05) is 12.1 Å². The van der Waals surface area contributed by atoms with Crippen LogP contribution in [0, 0.1) is 0 Å². The van der Waals surface area contributed by atoms with Gasteiger partial charge in [0.25, 0.3) is 5.22 Å². The zero-order chi connectivity index (χ0) is 11.7. The highest BCUT2D eigenvalue weighted by Crippen LogP contribution is 2.27. The van der Waals surface area contributed by atoms with E-state index in [1.165, 1.54) is 0 Å². The molecule has 1 aromatic carbocycles. The van der Waals surface area contributed by atoms with Gasteiger partial charge in [-0.3, -0.25) is 0 Å². The van der Waals surface area contributed by atoms with Gasteiger partial charge in [-0.15, -0.1) is 0 Å². The molecule has 3 rings (SSSR count). The van der Waals surface area contributed by atoms with Crippen molar-refractivity contribution in [3.8, 4) is 0 Å². The molecule has 0 radical (unpaired) electrons. The minimum absolute atomic E-state index is 0.347. The quantitative estimate of drug-likeness (QED) is 0.670. The van der Waals surface area contributed by atoms with E-state index in [0.717, 1.165) is 36.3 Å². The first-order valence-corrected chi connectivity index (χ1v) is 6.70. The summed E-state index contributed by atoms with van der Waals surface area (Å²) in [7, 11) is 0. The highest BCUT2D eigenvalue weighted by atomic mass is 32.2. The third-order valence-electron chi connectivity index (χ3n) is 2.81. The first-order valence-electron chi connectivity index (χ1n) is 5.72. The molecule has 2 aromatic rings. The van der Waals surface area contributed by atoms with E-state index >= 15 is 0 Å². The third-order valence-corrected chi connectivity index (χ3v) is 3.77. The van der Waals surface area contributed by atoms with Gasteiger partial charge >= 0.3 is 0 Å². The highest BCUT2D eigenvalue weighted by molar-refractivity contribution is 7.99. The van der Waals surface area contributed by atoms with Crippen LogP contribution in [0.4, 0.5) is 5.69 Å². The average Bonchev–Trinajstić information content (AvgIpc) is 2.94. The minimum Gasteiger partial charge on any atom is -0.431 e. The van der Waals surface area contributed by atoms with E-state index in [-0.39, 0.29) is 0 Å². The van der Waals surface area contributed by atoms with E-state index < -0.39 is 0 Å². The maximum atomic E-state index is 5.69. The predicted molar refractivity (Wildman–Crippen MR) is 68.1 cm³/mol. The van der Waals surface area contributed by atoms with Gasteiger partial charge in [0.2, 0.25) is 0 Å². The molecular formula is C12H14N2O2S. The predicted octanol–water partition coefficient (Wildman–Crippen LogP) is 2.68. The van der Waals surface area contributed by atoms with Gasteiger partial charge in [-0.1, -0.05) is 11.8 Å². The summed E-state index contributed by atoms with van der Waals surface area (Å²) in [6.45, 7) is 0.884. The molecule has 4 nitrogen and oxygen atoms in total. The van der Waals surface area contributed by atoms with Crippen LogP contribution in [0.15, 0.2) is 27.8 Å². The largest absolute Gasteiger partial charge is 0.431 e. The number of rotatable bonds is 3. The number of anilines is 1. The second-order valence-electron chi connectivity index (χ2n) is 4.15. The van der Waals surface area contributed by atoms with Gasteiger partial charge in [0.15, 0.2) is 5.58 Å². The number of fused-ring (bicyclic) bond motifs is 1. The van der Waals surface area contributed by atoms with Crippen molar-refractivity contribution in [1.82, 2.24) is 4.98 Å². The van der Waals surface area contributed by atoms with Gasteiger partial charge in [-0.2, -0.15) is 0 Å². The van der Waals surface area contributed by atoms with Crippen LogP contribution in [0.3, 0.4) is 0 Å². The first kappa shape index (κ1) is 10.9. The van der Waals surface area contributed by atoms with Crippen molar-refractivity contribution < 1.29 is 9.15 Å². The van der Waals surface area contributed by atoms with Gasteiger partial charge in [0.05, 0.1) is 6.10 Å². The maximum absolute atomic E-state index is 5.69. The molecular weight excluding hydrogens is 236 g/mol. The molecule has 1 aliphatic heterocycles. The molecule has 2 heterocycles. The normalized spacial score (nSPS) is 20.1. The number of hydrogen-bond donors (Lipinski definition) is 1. The lowest BCUT2D eigenvalue weighted by Crippen LogP contribution is -2.07. The molecule has 0 saturated carbocycles. The Bertz CT molecular complexity index is 520. The molecule has 0 amide bonds. The Morgan fingerprint density at radius 2 is 2.41 bits per heavy atom. The Morgan fingerprint density at radius 1 is 1.47 bits per heavy atom. The van der Waals surface area contributed by atoms with Crippen molar-refractivity contribution in [2.45, 2.75) is 24.2 Å². The monoisotopic (exact) mass is 250 g/mol. The van der Waals surface area contributed by atoms with Gasteiger partial charge in [0.1, 0.15) is 5.52 Å². The third kappa shape index (κ3) is 2.40. The van der Waals surface area contributed by atoms with Crippen LogP contribution in [0.25, 0.3) is 11.1 Å². The van der Waals surface area contributed by atoms with Gasteiger partial charge in [0, 0.05) is 24.1 Å². The summed E-state index contributed by atoms with van der Waals surface area (Å²) in [6.07, 6.45) is 2.65. The number of benzene rings is 1. The molecule has 1 fully saturated rings. The first-order chi connectivity index (χ1) is 8.31. The summed E-state index contributed by atoms with van der Waals surface area (Å²) in [5.41, 5.74) is 8.00. The van der Waals surface area contributed by atoms with Crippen LogP contribution in [-0.4, -0.2) is 23.4 Å². The second-order valence-corrected chi connectivity index (χ2v) is 5.12. The number of ether oxygens (including phenoxy) is 1. The topological polar surface area (TPSA) is 61.3 Å². The summed E-state index contributed by atoms with van der Waals surface area (Å²) in [5, 5.41) is 0.695. The van der Waals surface area contributed by atoms with Crippen molar-refractivity contribution >= 4 is 28.5 Å². The Labute approximate surface area is 104 Å². The van der Waals surface area contributed by atoms with E-state index in [1.54, 1.807) is 17.8 Å². The fourth-order valence-corrected chi connectivity index (χ4v) is 2.82. The summed E-state index contributed by atoms with van der Waals surface area (Å²) < 4.78 is 11.2. The highest BCUT2D eigenvalue weighted by Gasteiger charge is 2.17. The van der Waals surface area contributed by atoms with Crippen molar-refractivity contribution in [2.75, 3.05) is 18.1 Å².